The number of nitrogens with zero attached hydrogens (tertiary/aromatic N) is 3. The predicted octanol–water partition coefficient (Wildman–Crippen LogP) is 5.28. The lowest BCUT2D eigenvalue weighted by molar-refractivity contribution is 0.0552. The third kappa shape index (κ3) is 4.07. The van der Waals surface area contributed by atoms with Crippen molar-refractivity contribution >= 4 is 16.9 Å². The molecule has 30 heavy (non-hydrogen) atoms. The molecule has 0 N–H and O–H groups in total. The average molecular weight is 406 g/mol. The maximum absolute atomic E-state index is 13.5. The van der Waals surface area contributed by atoms with Crippen molar-refractivity contribution < 1.29 is 9.53 Å². The number of ether oxygens (including phenoxy) is 1. The van der Waals surface area contributed by atoms with Gasteiger partial charge in [-0.3, -0.25) is 9.78 Å². The van der Waals surface area contributed by atoms with Crippen molar-refractivity contribution in [2.45, 2.75) is 64.6 Å². The Morgan fingerprint density at radius 3 is 2.73 bits per heavy atom. The Kier molecular flexibility index (Phi) is 6.07. The third-order valence-electron chi connectivity index (χ3n) is 6.15. The number of amides is 1. The lowest BCUT2D eigenvalue weighted by atomic mass is 9.92. The molecule has 0 saturated heterocycles. The largest absolute Gasteiger partial charge is 0.496 e. The molecule has 5 heteroatoms. The van der Waals surface area contributed by atoms with Gasteiger partial charge in [0.05, 0.1) is 23.7 Å². The molecule has 5 nitrogen and oxygen atoms in total. The molecule has 0 radical (unpaired) electrons. The van der Waals surface area contributed by atoms with Crippen LogP contribution in [0.1, 0.15) is 61.9 Å². The summed E-state index contributed by atoms with van der Waals surface area (Å²) < 4.78 is 7.83. The van der Waals surface area contributed by atoms with Gasteiger partial charge in [0, 0.05) is 31.0 Å². The summed E-state index contributed by atoms with van der Waals surface area (Å²) in [6.07, 6.45) is 9.74. The molecule has 0 unspecified atom stereocenters. The number of pyridine rings is 1. The molecule has 4 rings (SSSR count). The van der Waals surface area contributed by atoms with Crippen molar-refractivity contribution in [3.63, 3.8) is 0 Å². The quantitative estimate of drug-likeness (QED) is 0.561. The lowest BCUT2D eigenvalue weighted by Crippen LogP contribution is -2.45. The van der Waals surface area contributed by atoms with Crippen molar-refractivity contribution in [2.24, 2.45) is 0 Å². The van der Waals surface area contributed by atoms with E-state index in [9.17, 15) is 4.79 Å². The number of rotatable bonds is 6. The molecule has 3 aromatic rings. The Balaban J connectivity index is 1.60. The van der Waals surface area contributed by atoms with E-state index in [1.54, 1.807) is 7.11 Å². The summed E-state index contributed by atoms with van der Waals surface area (Å²) in [7, 11) is 1.64. The van der Waals surface area contributed by atoms with Gasteiger partial charge in [0.15, 0.2) is 0 Å². The minimum atomic E-state index is 0.0795. The minimum Gasteiger partial charge on any atom is -0.496 e. The standard InChI is InChI=1S/C25H31N3O2/c1-18(2)28(20-8-5-4-6-9-20)25(29)21-12-11-19(16-24(21)30-3)17-27-15-13-22-23(27)10-7-14-26-22/h7,10-16,18,20H,4-6,8-9,17H2,1-3H3. The Labute approximate surface area is 178 Å². The highest BCUT2D eigenvalue weighted by atomic mass is 16.5. The van der Waals surface area contributed by atoms with Gasteiger partial charge in [-0.15, -0.1) is 0 Å². The SMILES string of the molecule is COc1cc(Cn2ccc3ncccc32)ccc1C(=O)N(C(C)C)C1CCCCC1. The molecule has 1 fully saturated rings. The van der Waals surface area contributed by atoms with E-state index >= 15 is 0 Å². The number of carbonyl (C=O) groups excluding carboxylic acids is 1. The second kappa shape index (κ2) is 8.90. The molecule has 0 atom stereocenters. The van der Waals surface area contributed by atoms with Gasteiger partial charge >= 0.3 is 0 Å². The minimum absolute atomic E-state index is 0.0795. The molecule has 1 aliphatic rings. The van der Waals surface area contributed by atoms with Crippen LogP contribution in [0, 0.1) is 0 Å². The molecule has 2 aromatic heterocycles. The summed E-state index contributed by atoms with van der Waals surface area (Å²) >= 11 is 0. The van der Waals surface area contributed by atoms with Gasteiger partial charge in [-0.2, -0.15) is 0 Å². The summed E-state index contributed by atoms with van der Waals surface area (Å²) in [5.41, 5.74) is 3.83. The highest BCUT2D eigenvalue weighted by Crippen LogP contribution is 2.29. The fraction of sp³-hybridized carbons (Fsp3) is 0.440. The first kappa shape index (κ1) is 20.5. The molecule has 158 valence electrons. The van der Waals surface area contributed by atoms with Crippen molar-refractivity contribution in [3.8, 4) is 5.75 Å². The van der Waals surface area contributed by atoms with E-state index < -0.39 is 0 Å². The summed E-state index contributed by atoms with van der Waals surface area (Å²) in [4.78, 5) is 20.0. The summed E-state index contributed by atoms with van der Waals surface area (Å²) in [6.45, 7) is 4.92. The van der Waals surface area contributed by atoms with Gasteiger partial charge in [-0.05, 0) is 62.6 Å². The maximum Gasteiger partial charge on any atom is 0.258 e. The van der Waals surface area contributed by atoms with Crippen molar-refractivity contribution in [2.75, 3.05) is 7.11 Å². The molecular weight excluding hydrogens is 374 g/mol. The molecule has 1 aliphatic carbocycles. The van der Waals surface area contributed by atoms with E-state index in [4.69, 9.17) is 4.74 Å². The number of hydrogen-bond donors (Lipinski definition) is 0. The van der Waals surface area contributed by atoms with Crippen molar-refractivity contribution in [1.82, 2.24) is 14.5 Å². The van der Waals surface area contributed by atoms with Crippen LogP contribution in [0.3, 0.4) is 0 Å². The second-order valence-electron chi connectivity index (χ2n) is 8.48. The van der Waals surface area contributed by atoms with Crippen molar-refractivity contribution in [3.05, 3.63) is 59.9 Å². The topological polar surface area (TPSA) is 47.4 Å². The molecule has 1 saturated carbocycles. The van der Waals surface area contributed by atoms with Gasteiger partial charge in [0.2, 0.25) is 0 Å². The highest BCUT2D eigenvalue weighted by Gasteiger charge is 2.30. The third-order valence-corrected chi connectivity index (χ3v) is 6.15. The number of aromatic nitrogens is 2. The Morgan fingerprint density at radius 1 is 1.20 bits per heavy atom. The fourth-order valence-corrected chi connectivity index (χ4v) is 4.69. The second-order valence-corrected chi connectivity index (χ2v) is 8.48. The molecule has 1 aromatic carbocycles. The predicted molar refractivity (Wildman–Crippen MR) is 120 cm³/mol. The van der Waals surface area contributed by atoms with Crippen LogP contribution in [-0.2, 0) is 6.54 Å². The van der Waals surface area contributed by atoms with Crippen LogP contribution in [0.25, 0.3) is 11.0 Å². The summed E-state index contributed by atoms with van der Waals surface area (Å²) in [5.74, 6) is 0.726. The molecule has 1 amide bonds. The van der Waals surface area contributed by atoms with Gasteiger partial charge in [0.25, 0.3) is 5.91 Å². The molecule has 0 aliphatic heterocycles. The average Bonchev–Trinajstić information content (AvgIpc) is 3.17. The summed E-state index contributed by atoms with van der Waals surface area (Å²) in [6, 6.07) is 12.5. The fourth-order valence-electron chi connectivity index (χ4n) is 4.69. The number of fused-ring (bicyclic) bond motifs is 1. The number of hydrogen-bond acceptors (Lipinski definition) is 3. The van der Waals surface area contributed by atoms with Crippen LogP contribution in [0.4, 0.5) is 0 Å². The van der Waals surface area contributed by atoms with Crippen LogP contribution < -0.4 is 4.74 Å². The van der Waals surface area contributed by atoms with Crippen LogP contribution >= 0.6 is 0 Å². The van der Waals surface area contributed by atoms with E-state index in [0.717, 1.165) is 29.4 Å². The summed E-state index contributed by atoms with van der Waals surface area (Å²) in [5, 5.41) is 0. The molecular formula is C25H31N3O2. The first-order valence-corrected chi connectivity index (χ1v) is 11.0. The van der Waals surface area contributed by atoms with Gasteiger partial charge < -0.3 is 14.2 Å². The first-order chi connectivity index (χ1) is 14.6. The van der Waals surface area contributed by atoms with E-state index in [-0.39, 0.29) is 11.9 Å². The Morgan fingerprint density at radius 2 is 2.00 bits per heavy atom. The number of benzene rings is 1. The first-order valence-electron chi connectivity index (χ1n) is 11.0. The monoisotopic (exact) mass is 405 g/mol. The van der Waals surface area contributed by atoms with Gasteiger partial charge in [-0.1, -0.05) is 25.3 Å². The van der Waals surface area contributed by atoms with Gasteiger partial charge in [-0.25, -0.2) is 0 Å². The van der Waals surface area contributed by atoms with Crippen LogP contribution in [0.15, 0.2) is 48.8 Å². The van der Waals surface area contributed by atoms with E-state index in [0.29, 0.717) is 23.9 Å². The van der Waals surface area contributed by atoms with Crippen LogP contribution in [0.2, 0.25) is 0 Å². The van der Waals surface area contributed by atoms with Gasteiger partial charge in [0.1, 0.15) is 5.75 Å². The normalized spacial score (nSPS) is 14.9. The van der Waals surface area contributed by atoms with E-state index in [1.807, 2.05) is 42.7 Å². The maximum atomic E-state index is 13.5. The lowest BCUT2D eigenvalue weighted by Gasteiger charge is -2.37. The Bertz CT molecular complexity index is 1020. The van der Waals surface area contributed by atoms with E-state index in [2.05, 4.69) is 34.4 Å². The van der Waals surface area contributed by atoms with Crippen molar-refractivity contribution in [1.29, 1.82) is 0 Å². The van der Waals surface area contributed by atoms with Crippen LogP contribution in [-0.4, -0.2) is 39.6 Å². The zero-order valence-electron chi connectivity index (χ0n) is 18.2. The molecule has 2 heterocycles. The zero-order valence-corrected chi connectivity index (χ0v) is 18.2. The zero-order chi connectivity index (χ0) is 21.1. The number of carbonyl (C=O) groups is 1. The molecule has 0 bridgehead atoms. The smallest absolute Gasteiger partial charge is 0.258 e. The van der Waals surface area contributed by atoms with E-state index in [1.165, 1.54) is 19.3 Å². The Hall–Kier alpha value is -2.82. The number of methoxy groups -OCH3 is 1. The highest BCUT2D eigenvalue weighted by molar-refractivity contribution is 5.97. The molecule has 0 spiro atoms. The van der Waals surface area contributed by atoms with Crippen LogP contribution in [0.5, 0.6) is 5.75 Å².